The van der Waals surface area contributed by atoms with Crippen molar-refractivity contribution in [1.29, 1.82) is 0 Å². The normalized spacial score (nSPS) is 22.8. The number of hydrogen-bond acceptors (Lipinski definition) is 1. The van der Waals surface area contributed by atoms with Gasteiger partial charge in [-0.25, -0.2) is 8.78 Å². The maximum atomic E-state index is 12.9. The third-order valence-electron chi connectivity index (χ3n) is 2.98. The molecule has 0 aromatic heterocycles. The highest BCUT2D eigenvalue weighted by Gasteiger charge is 2.36. The Balaban J connectivity index is 2.64. The highest BCUT2D eigenvalue weighted by molar-refractivity contribution is 5.12. The van der Waals surface area contributed by atoms with E-state index >= 15 is 0 Å². The third kappa shape index (κ3) is 2.77. The van der Waals surface area contributed by atoms with Crippen LogP contribution in [0.25, 0.3) is 0 Å². The summed E-state index contributed by atoms with van der Waals surface area (Å²) in [5, 5.41) is 9.73. The Morgan fingerprint density at radius 2 is 2.07 bits per heavy atom. The van der Waals surface area contributed by atoms with Crippen molar-refractivity contribution in [2.24, 2.45) is 5.92 Å². The summed E-state index contributed by atoms with van der Waals surface area (Å²) in [5.74, 6) is -3.80. The van der Waals surface area contributed by atoms with Gasteiger partial charge in [-0.2, -0.15) is 0 Å². The van der Waals surface area contributed by atoms with E-state index in [0.29, 0.717) is 0 Å². The van der Waals surface area contributed by atoms with Crippen LogP contribution in [-0.2, 0) is 0 Å². The molecule has 1 aliphatic rings. The van der Waals surface area contributed by atoms with Crippen LogP contribution < -0.4 is 0 Å². The second-order valence-electron chi connectivity index (χ2n) is 4.21. The highest BCUT2D eigenvalue weighted by Crippen LogP contribution is 2.32. The van der Waals surface area contributed by atoms with Crippen LogP contribution in [0.15, 0.2) is 11.6 Å². The molecule has 0 amide bonds. The second-order valence-corrected chi connectivity index (χ2v) is 4.21. The molecule has 3 heteroatoms. The average molecular weight is 204 g/mol. The summed E-state index contributed by atoms with van der Waals surface area (Å²) in [6, 6.07) is 0. The van der Waals surface area contributed by atoms with Crippen molar-refractivity contribution < 1.29 is 13.9 Å². The molecule has 0 fully saturated rings. The molecule has 0 saturated heterocycles. The van der Waals surface area contributed by atoms with Crippen molar-refractivity contribution in [2.45, 2.75) is 51.6 Å². The predicted molar refractivity (Wildman–Crippen MR) is 52.3 cm³/mol. The second kappa shape index (κ2) is 4.39. The molecule has 0 aromatic carbocycles. The standard InChI is InChI=1S/C11H18F2O/c1-8(11(2,12)13)10(14)9-6-4-3-5-7-9/h6,8,10,14H,3-5,7H2,1-2H3. The van der Waals surface area contributed by atoms with Crippen LogP contribution in [0.4, 0.5) is 8.78 Å². The van der Waals surface area contributed by atoms with Gasteiger partial charge in [-0.3, -0.25) is 0 Å². The number of allylic oxidation sites excluding steroid dienone is 1. The minimum Gasteiger partial charge on any atom is -0.388 e. The zero-order chi connectivity index (χ0) is 10.8. The van der Waals surface area contributed by atoms with Crippen LogP contribution in [0.3, 0.4) is 0 Å². The summed E-state index contributed by atoms with van der Waals surface area (Å²) in [4.78, 5) is 0. The topological polar surface area (TPSA) is 20.2 Å². The molecule has 0 aromatic rings. The number of rotatable bonds is 3. The first-order valence-electron chi connectivity index (χ1n) is 5.17. The molecule has 1 aliphatic carbocycles. The number of hydrogen-bond donors (Lipinski definition) is 1. The van der Waals surface area contributed by atoms with Gasteiger partial charge in [-0.05, 0) is 38.2 Å². The quantitative estimate of drug-likeness (QED) is 0.700. The van der Waals surface area contributed by atoms with Gasteiger partial charge >= 0.3 is 0 Å². The number of aliphatic hydroxyl groups is 1. The maximum absolute atomic E-state index is 12.9. The molecule has 0 saturated carbocycles. The van der Waals surface area contributed by atoms with E-state index in [4.69, 9.17) is 0 Å². The largest absolute Gasteiger partial charge is 0.388 e. The lowest BCUT2D eigenvalue weighted by Crippen LogP contribution is -2.34. The van der Waals surface area contributed by atoms with Gasteiger partial charge < -0.3 is 5.11 Å². The fourth-order valence-electron chi connectivity index (χ4n) is 1.73. The molecular weight excluding hydrogens is 186 g/mol. The van der Waals surface area contributed by atoms with Crippen LogP contribution in [-0.4, -0.2) is 17.1 Å². The van der Waals surface area contributed by atoms with Gasteiger partial charge in [-0.15, -0.1) is 0 Å². The monoisotopic (exact) mass is 204 g/mol. The molecule has 1 N–H and O–H groups in total. The Labute approximate surface area is 83.8 Å². The van der Waals surface area contributed by atoms with E-state index in [0.717, 1.165) is 38.2 Å². The van der Waals surface area contributed by atoms with Crippen molar-refractivity contribution in [1.82, 2.24) is 0 Å². The fraction of sp³-hybridized carbons (Fsp3) is 0.818. The van der Waals surface area contributed by atoms with Crippen molar-refractivity contribution in [3.05, 3.63) is 11.6 Å². The molecule has 0 aliphatic heterocycles. The Hall–Kier alpha value is -0.440. The molecule has 1 nitrogen and oxygen atoms in total. The Bertz CT molecular complexity index is 218. The first-order valence-corrected chi connectivity index (χ1v) is 5.17. The van der Waals surface area contributed by atoms with Crippen molar-refractivity contribution in [3.63, 3.8) is 0 Å². The van der Waals surface area contributed by atoms with Crippen molar-refractivity contribution >= 4 is 0 Å². The molecule has 2 unspecified atom stereocenters. The van der Waals surface area contributed by atoms with E-state index in [1.165, 1.54) is 6.92 Å². The zero-order valence-electron chi connectivity index (χ0n) is 8.76. The van der Waals surface area contributed by atoms with Crippen molar-refractivity contribution in [3.8, 4) is 0 Å². The predicted octanol–water partition coefficient (Wildman–Crippen LogP) is 3.14. The van der Waals surface area contributed by atoms with E-state index in [2.05, 4.69) is 0 Å². The first-order chi connectivity index (χ1) is 6.43. The SMILES string of the molecule is CC(C(O)C1=CCCCC1)C(C)(F)F. The van der Waals surface area contributed by atoms with Gasteiger partial charge in [0.2, 0.25) is 0 Å². The molecule has 0 radical (unpaired) electrons. The van der Waals surface area contributed by atoms with Crippen LogP contribution in [0, 0.1) is 5.92 Å². The van der Waals surface area contributed by atoms with Gasteiger partial charge in [0, 0.05) is 5.92 Å². The molecule has 0 heterocycles. The molecule has 0 spiro atoms. The van der Waals surface area contributed by atoms with E-state index in [9.17, 15) is 13.9 Å². The molecule has 82 valence electrons. The maximum Gasteiger partial charge on any atom is 0.250 e. The zero-order valence-corrected chi connectivity index (χ0v) is 8.76. The fourth-order valence-corrected chi connectivity index (χ4v) is 1.73. The van der Waals surface area contributed by atoms with Crippen LogP contribution >= 0.6 is 0 Å². The first kappa shape index (κ1) is 11.6. The van der Waals surface area contributed by atoms with Crippen molar-refractivity contribution in [2.75, 3.05) is 0 Å². The van der Waals surface area contributed by atoms with E-state index in [1.807, 2.05) is 6.08 Å². The van der Waals surface area contributed by atoms with E-state index in [-0.39, 0.29) is 0 Å². The molecular formula is C11H18F2O. The summed E-state index contributed by atoms with van der Waals surface area (Å²) in [5.41, 5.74) is 0.797. The van der Waals surface area contributed by atoms with Crippen LogP contribution in [0.1, 0.15) is 39.5 Å². The number of aliphatic hydroxyl groups excluding tert-OH is 1. The van der Waals surface area contributed by atoms with Gasteiger partial charge in [0.05, 0.1) is 6.10 Å². The minimum atomic E-state index is -2.81. The summed E-state index contributed by atoms with van der Waals surface area (Å²) in [7, 11) is 0. The molecule has 1 rings (SSSR count). The lowest BCUT2D eigenvalue weighted by atomic mass is 9.87. The smallest absolute Gasteiger partial charge is 0.250 e. The van der Waals surface area contributed by atoms with Crippen LogP contribution in [0.5, 0.6) is 0 Å². The Morgan fingerprint density at radius 1 is 1.43 bits per heavy atom. The van der Waals surface area contributed by atoms with Crippen LogP contribution in [0.2, 0.25) is 0 Å². The lowest BCUT2D eigenvalue weighted by Gasteiger charge is -2.28. The van der Waals surface area contributed by atoms with Gasteiger partial charge in [0.1, 0.15) is 0 Å². The minimum absolute atomic E-state index is 0.765. The Kier molecular flexibility index (Phi) is 3.65. The molecule has 2 atom stereocenters. The molecule has 14 heavy (non-hydrogen) atoms. The molecule has 0 bridgehead atoms. The lowest BCUT2D eigenvalue weighted by molar-refractivity contribution is -0.0724. The number of alkyl halides is 2. The highest BCUT2D eigenvalue weighted by atomic mass is 19.3. The summed E-state index contributed by atoms with van der Waals surface area (Å²) in [6.45, 7) is 2.27. The van der Waals surface area contributed by atoms with E-state index < -0.39 is 17.9 Å². The summed E-state index contributed by atoms with van der Waals surface area (Å²) in [6.07, 6.45) is 4.72. The third-order valence-corrected chi connectivity index (χ3v) is 2.98. The Morgan fingerprint density at radius 3 is 2.50 bits per heavy atom. The van der Waals surface area contributed by atoms with E-state index in [1.54, 1.807) is 0 Å². The van der Waals surface area contributed by atoms with Gasteiger partial charge in [0.15, 0.2) is 0 Å². The average Bonchev–Trinajstić information content (AvgIpc) is 2.15. The number of halogens is 2. The summed E-state index contributed by atoms with van der Waals surface area (Å²) >= 11 is 0. The van der Waals surface area contributed by atoms with Gasteiger partial charge in [0.25, 0.3) is 5.92 Å². The van der Waals surface area contributed by atoms with Gasteiger partial charge in [-0.1, -0.05) is 13.0 Å². The summed E-state index contributed by atoms with van der Waals surface area (Å²) < 4.78 is 25.9.